The molecule has 4 nitrogen and oxygen atoms in total. The molecule has 0 amide bonds. The summed E-state index contributed by atoms with van der Waals surface area (Å²) in [6.45, 7) is 7.25. The minimum absolute atomic E-state index is 0.0144. The molecule has 0 spiro atoms. The largest absolute Gasteiger partial charge is 0.611 e. The fourth-order valence-corrected chi connectivity index (χ4v) is 2.33. The Bertz CT molecular complexity index is 418. The average Bonchev–Trinajstić information content (AvgIpc) is 2.26. The molecule has 0 radical (unpaired) electrons. The summed E-state index contributed by atoms with van der Waals surface area (Å²) in [6, 6.07) is 4.29. The molecule has 86 valence electrons. The molecule has 0 aromatic heterocycles. The van der Waals surface area contributed by atoms with Crippen LogP contribution in [0.2, 0.25) is 0 Å². The van der Waals surface area contributed by atoms with Gasteiger partial charge in [0.05, 0.1) is 4.92 Å². The van der Waals surface area contributed by atoms with Crippen LogP contribution in [0.1, 0.15) is 19.4 Å². The van der Waals surface area contributed by atoms with Crippen molar-refractivity contribution in [2.24, 2.45) is 0 Å². The van der Waals surface area contributed by atoms with E-state index in [1.165, 1.54) is 24.3 Å². The molecule has 1 atom stereocenters. The maximum atomic E-state index is 11.9. The molecule has 1 unspecified atom stereocenters. The summed E-state index contributed by atoms with van der Waals surface area (Å²) in [5.41, 5.74) is 0.542. The zero-order chi connectivity index (χ0) is 12.3. The zero-order valence-corrected chi connectivity index (χ0v) is 9.99. The van der Waals surface area contributed by atoms with E-state index in [0.717, 1.165) is 0 Å². The molecule has 0 saturated heterocycles. The molecular formula is C11H13NO3S. The highest BCUT2D eigenvalue weighted by atomic mass is 32.2. The van der Waals surface area contributed by atoms with Gasteiger partial charge in [0.1, 0.15) is 5.25 Å². The van der Waals surface area contributed by atoms with Crippen LogP contribution in [0, 0.1) is 10.1 Å². The second-order valence-electron chi connectivity index (χ2n) is 3.53. The molecule has 0 heterocycles. The number of hydrogen-bond donors (Lipinski definition) is 0. The van der Waals surface area contributed by atoms with Crippen LogP contribution >= 0.6 is 0 Å². The Balaban J connectivity index is 3.21. The Morgan fingerprint density at radius 2 is 2.12 bits per heavy atom. The summed E-state index contributed by atoms with van der Waals surface area (Å²) in [5.74, 6) is 0. The van der Waals surface area contributed by atoms with Crippen LogP contribution in [0.4, 0.5) is 5.69 Å². The molecule has 0 fully saturated rings. The van der Waals surface area contributed by atoms with Crippen molar-refractivity contribution in [2.75, 3.05) is 0 Å². The molecule has 1 aromatic carbocycles. The second-order valence-corrected chi connectivity index (χ2v) is 5.51. The number of nitro groups is 1. The maximum absolute atomic E-state index is 11.9. The predicted molar refractivity (Wildman–Crippen MR) is 64.7 cm³/mol. The molecule has 0 aliphatic heterocycles. The minimum atomic E-state index is -1.16. The quantitative estimate of drug-likeness (QED) is 0.461. The Morgan fingerprint density at radius 3 is 2.56 bits per heavy atom. The summed E-state index contributed by atoms with van der Waals surface area (Å²) in [5, 5.41) is 10.6. The summed E-state index contributed by atoms with van der Waals surface area (Å²) in [4.78, 5) is 10.7. The Morgan fingerprint density at radius 1 is 1.50 bits per heavy atom. The zero-order valence-electron chi connectivity index (χ0n) is 9.17. The van der Waals surface area contributed by atoms with Gasteiger partial charge in [-0.2, -0.15) is 0 Å². The first-order valence-corrected chi connectivity index (χ1v) is 6.00. The van der Waals surface area contributed by atoms with E-state index in [-0.39, 0.29) is 10.9 Å². The molecular weight excluding hydrogens is 226 g/mol. The van der Waals surface area contributed by atoms with Gasteiger partial charge in [0.2, 0.25) is 0 Å². The van der Waals surface area contributed by atoms with E-state index in [9.17, 15) is 14.7 Å². The molecule has 16 heavy (non-hydrogen) atoms. The molecule has 0 saturated carbocycles. The summed E-state index contributed by atoms with van der Waals surface area (Å²) >= 11 is -1.16. The van der Waals surface area contributed by atoms with Crippen molar-refractivity contribution >= 4 is 22.9 Å². The van der Waals surface area contributed by atoms with E-state index in [1.807, 2.05) is 13.8 Å². The highest BCUT2D eigenvalue weighted by molar-refractivity contribution is 7.92. The normalized spacial score (nSPS) is 12.5. The topological polar surface area (TPSA) is 66.2 Å². The molecule has 0 aliphatic rings. The lowest BCUT2D eigenvalue weighted by Crippen LogP contribution is -2.15. The van der Waals surface area contributed by atoms with Crippen molar-refractivity contribution in [3.8, 4) is 0 Å². The van der Waals surface area contributed by atoms with E-state index in [0.29, 0.717) is 10.5 Å². The molecule has 5 heteroatoms. The van der Waals surface area contributed by atoms with E-state index in [4.69, 9.17) is 0 Å². The molecule has 0 aliphatic carbocycles. The monoisotopic (exact) mass is 239 g/mol. The third-order valence-corrected chi connectivity index (χ3v) is 3.73. The fraction of sp³-hybridized carbons (Fsp3) is 0.273. The van der Waals surface area contributed by atoms with Crippen LogP contribution < -0.4 is 0 Å². The van der Waals surface area contributed by atoms with Gasteiger partial charge in [-0.1, -0.05) is 12.7 Å². The van der Waals surface area contributed by atoms with Gasteiger partial charge >= 0.3 is 0 Å². The lowest BCUT2D eigenvalue weighted by molar-refractivity contribution is -0.384. The number of nitro benzene ring substituents is 1. The van der Waals surface area contributed by atoms with Crippen LogP contribution in [0.5, 0.6) is 0 Å². The van der Waals surface area contributed by atoms with Crippen molar-refractivity contribution in [1.82, 2.24) is 0 Å². The average molecular weight is 239 g/mol. The summed E-state index contributed by atoms with van der Waals surface area (Å²) < 4.78 is 11.9. The standard InChI is InChI=1S/C11H13NO3S/c1-4-9-7-10(12(13)14)5-6-11(9)16(15)8(2)3/h4-8H,1H2,2-3H3. The van der Waals surface area contributed by atoms with E-state index in [2.05, 4.69) is 6.58 Å². The first-order valence-electron chi connectivity index (χ1n) is 4.78. The van der Waals surface area contributed by atoms with Crippen molar-refractivity contribution in [3.63, 3.8) is 0 Å². The van der Waals surface area contributed by atoms with Crippen molar-refractivity contribution in [3.05, 3.63) is 40.5 Å². The first kappa shape index (κ1) is 12.7. The summed E-state index contributed by atoms with van der Waals surface area (Å²) in [7, 11) is 0. The van der Waals surface area contributed by atoms with Crippen molar-refractivity contribution in [1.29, 1.82) is 0 Å². The number of benzene rings is 1. The number of non-ortho nitro benzene ring substituents is 1. The van der Waals surface area contributed by atoms with E-state index in [1.54, 1.807) is 0 Å². The van der Waals surface area contributed by atoms with Crippen LogP contribution in [0.15, 0.2) is 29.7 Å². The third-order valence-electron chi connectivity index (χ3n) is 2.07. The van der Waals surface area contributed by atoms with Gasteiger partial charge < -0.3 is 4.55 Å². The minimum Gasteiger partial charge on any atom is -0.611 e. The van der Waals surface area contributed by atoms with Gasteiger partial charge in [0.15, 0.2) is 4.90 Å². The summed E-state index contributed by atoms with van der Waals surface area (Å²) in [6.07, 6.45) is 1.49. The van der Waals surface area contributed by atoms with Gasteiger partial charge in [-0.3, -0.25) is 10.1 Å². The molecule has 0 N–H and O–H groups in total. The van der Waals surface area contributed by atoms with Crippen LogP contribution in [-0.4, -0.2) is 14.7 Å². The number of hydrogen-bond acceptors (Lipinski definition) is 3. The lowest BCUT2D eigenvalue weighted by Gasteiger charge is -2.15. The third kappa shape index (κ3) is 2.62. The van der Waals surface area contributed by atoms with E-state index >= 15 is 0 Å². The van der Waals surface area contributed by atoms with E-state index < -0.39 is 16.1 Å². The Hall–Kier alpha value is -1.33. The van der Waals surface area contributed by atoms with Gasteiger partial charge in [-0.25, -0.2) is 0 Å². The van der Waals surface area contributed by atoms with Gasteiger partial charge in [-0.05, 0) is 25.0 Å². The lowest BCUT2D eigenvalue weighted by atomic mass is 10.2. The second kappa shape index (κ2) is 5.14. The van der Waals surface area contributed by atoms with Crippen LogP contribution in [0.3, 0.4) is 0 Å². The SMILES string of the molecule is C=Cc1cc([N+](=O)[O-])ccc1[S+]([O-])C(C)C. The molecule has 1 rings (SSSR count). The smallest absolute Gasteiger partial charge is 0.270 e. The number of rotatable bonds is 4. The highest BCUT2D eigenvalue weighted by Gasteiger charge is 2.20. The first-order chi connectivity index (χ1) is 7.47. The van der Waals surface area contributed by atoms with Crippen LogP contribution in [0.25, 0.3) is 6.08 Å². The predicted octanol–water partition coefficient (Wildman–Crippen LogP) is 2.75. The fourth-order valence-electron chi connectivity index (χ4n) is 1.25. The Labute approximate surface area is 97.3 Å². The Kier molecular flexibility index (Phi) is 4.09. The van der Waals surface area contributed by atoms with Gasteiger partial charge in [0, 0.05) is 23.8 Å². The molecule has 0 bridgehead atoms. The molecule has 1 aromatic rings. The van der Waals surface area contributed by atoms with Gasteiger partial charge in [-0.15, -0.1) is 0 Å². The van der Waals surface area contributed by atoms with Crippen molar-refractivity contribution in [2.45, 2.75) is 24.0 Å². The highest BCUT2D eigenvalue weighted by Crippen LogP contribution is 2.25. The van der Waals surface area contributed by atoms with Crippen LogP contribution in [-0.2, 0) is 11.2 Å². The van der Waals surface area contributed by atoms with Crippen molar-refractivity contribution < 1.29 is 9.48 Å². The maximum Gasteiger partial charge on any atom is 0.270 e. The number of nitrogens with zero attached hydrogens (tertiary/aromatic N) is 1. The van der Waals surface area contributed by atoms with Gasteiger partial charge in [0.25, 0.3) is 5.69 Å².